The largest absolute Gasteiger partial charge is 0.121 e. The van der Waals surface area contributed by atoms with Crippen LogP contribution in [-0.2, 0) is 5.75 Å². The quantitative estimate of drug-likeness (QED) is 0.635. The second-order valence-corrected chi connectivity index (χ2v) is 5.84. The minimum absolute atomic E-state index is 0.452. The van der Waals surface area contributed by atoms with Crippen LogP contribution in [0.1, 0.15) is 29.5 Å². The first-order valence-corrected chi connectivity index (χ1v) is 7.12. The molecule has 2 aromatic carbocycles. The first-order chi connectivity index (χ1) is 8.25. The summed E-state index contributed by atoms with van der Waals surface area (Å²) in [6.07, 6.45) is 0. The maximum absolute atomic E-state index is 6.08. The molecule has 0 radical (unpaired) electrons. The molecule has 1 atom stereocenters. The van der Waals surface area contributed by atoms with E-state index in [2.05, 4.69) is 43.3 Å². The van der Waals surface area contributed by atoms with Crippen molar-refractivity contribution >= 4 is 23.4 Å². The Morgan fingerprint density at radius 3 is 2.82 bits per heavy atom. The lowest BCUT2D eigenvalue weighted by molar-refractivity contribution is 0.890. The molecule has 0 aliphatic carbocycles. The van der Waals surface area contributed by atoms with Crippen LogP contribution in [0.25, 0.3) is 0 Å². The molecule has 0 nitrogen and oxygen atoms in total. The average Bonchev–Trinajstić information content (AvgIpc) is 2.48. The number of benzene rings is 2. The molecular formula is C15H13ClS. The van der Waals surface area contributed by atoms with Crippen LogP contribution in [-0.4, -0.2) is 0 Å². The molecule has 0 spiro atoms. The molecule has 0 bridgehead atoms. The van der Waals surface area contributed by atoms with Gasteiger partial charge < -0.3 is 0 Å². The Morgan fingerprint density at radius 2 is 1.94 bits per heavy atom. The van der Waals surface area contributed by atoms with Crippen LogP contribution in [0.2, 0.25) is 5.02 Å². The van der Waals surface area contributed by atoms with Crippen molar-refractivity contribution in [3.8, 4) is 0 Å². The summed E-state index contributed by atoms with van der Waals surface area (Å²) in [6, 6.07) is 15.0. The third kappa shape index (κ3) is 1.98. The van der Waals surface area contributed by atoms with E-state index in [9.17, 15) is 0 Å². The summed E-state index contributed by atoms with van der Waals surface area (Å²) in [5.41, 5.74) is 4.21. The molecule has 1 aliphatic heterocycles. The first kappa shape index (κ1) is 11.2. The summed E-state index contributed by atoms with van der Waals surface area (Å²) >= 11 is 7.99. The maximum atomic E-state index is 6.08. The molecule has 0 saturated carbocycles. The van der Waals surface area contributed by atoms with Crippen LogP contribution in [0.5, 0.6) is 0 Å². The molecule has 0 aromatic heterocycles. The summed E-state index contributed by atoms with van der Waals surface area (Å²) in [5, 5.41) is 0.836. The smallest absolute Gasteiger partial charge is 0.0409 e. The van der Waals surface area contributed by atoms with Gasteiger partial charge in [-0.2, -0.15) is 0 Å². The number of thioether (sulfide) groups is 1. The van der Waals surface area contributed by atoms with Crippen molar-refractivity contribution in [2.24, 2.45) is 0 Å². The fraction of sp³-hybridized carbons (Fsp3) is 0.200. The SMILES string of the molecule is CC1c2ccc(Cl)cc2CSc2ccccc21. The van der Waals surface area contributed by atoms with E-state index in [1.807, 2.05) is 17.8 Å². The van der Waals surface area contributed by atoms with Crippen molar-refractivity contribution in [3.05, 3.63) is 64.2 Å². The average molecular weight is 261 g/mol. The minimum Gasteiger partial charge on any atom is -0.121 e. The summed E-state index contributed by atoms with van der Waals surface area (Å²) in [4.78, 5) is 1.40. The van der Waals surface area contributed by atoms with E-state index in [1.165, 1.54) is 21.6 Å². The van der Waals surface area contributed by atoms with Crippen LogP contribution in [0, 0.1) is 0 Å². The molecule has 1 aliphatic rings. The van der Waals surface area contributed by atoms with Gasteiger partial charge >= 0.3 is 0 Å². The predicted molar refractivity (Wildman–Crippen MR) is 75.0 cm³/mol. The molecule has 1 unspecified atom stereocenters. The van der Waals surface area contributed by atoms with E-state index in [1.54, 1.807) is 0 Å². The van der Waals surface area contributed by atoms with Gasteiger partial charge in [0.25, 0.3) is 0 Å². The molecule has 1 heterocycles. The maximum Gasteiger partial charge on any atom is 0.0409 e. The fourth-order valence-electron chi connectivity index (χ4n) is 2.41. The fourth-order valence-corrected chi connectivity index (χ4v) is 3.76. The summed E-state index contributed by atoms with van der Waals surface area (Å²) < 4.78 is 0. The van der Waals surface area contributed by atoms with Crippen molar-refractivity contribution in [2.75, 3.05) is 0 Å². The van der Waals surface area contributed by atoms with Gasteiger partial charge in [0, 0.05) is 21.6 Å². The third-order valence-electron chi connectivity index (χ3n) is 3.34. The Bertz CT molecular complexity index is 563. The molecule has 17 heavy (non-hydrogen) atoms. The van der Waals surface area contributed by atoms with Crippen molar-refractivity contribution in [1.29, 1.82) is 0 Å². The number of hydrogen-bond donors (Lipinski definition) is 0. The predicted octanol–water partition coefficient (Wildman–Crippen LogP) is 5.10. The number of halogens is 1. The number of hydrogen-bond acceptors (Lipinski definition) is 1. The van der Waals surface area contributed by atoms with Gasteiger partial charge in [-0.3, -0.25) is 0 Å². The Balaban J connectivity index is 2.16. The summed E-state index contributed by atoms with van der Waals surface area (Å²) in [5.74, 6) is 1.46. The number of fused-ring (bicyclic) bond motifs is 2. The van der Waals surface area contributed by atoms with Gasteiger partial charge in [-0.15, -0.1) is 11.8 Å². The van der Waals surface area contributed by atoms with Crippen molar-refractivity contribution in [1.82, 2.24) is 0 Å². The van der Waals surface area contributed by atoms with Crippen LogP contribution < -0.4 is 0 Å². The van der Waals surface area contributed by atoms with Gasteiger partial charge in [-0.25, -0.2) is 0 Å². The Kier molecular flexibility index (Phi) is 2.89. The molecule has 2 heteroatoms. The third-order valence-corrected chi connectivity index (χ3v) is 4.71. The van der Waals surface area contributed by atoms with E-state index in [0.29, 0.717) is 5.92 Å². The molecule has 86 valence electrons. The first-order valence-electron chi connectivity index (χ1n) is 5.76. The Hall–Kier alpha value is -0.920. The highest BCUT2D eigenvalue weighted by atomic mass is 35.5. The van der Waals surface area contributed by atoms with Crippen molar-refractivity contribution < 1.29 is 0 Å². The second kappa shape index (κ2) is 4.40. The lowest BCUT2D eigenvalue weighted by Crippen LogP contribution is -1.98. The van der Waals surface area contributed by atoms with Crippen molar-refractivity contribution in [2.45, 2.75) is 23.5 Å². The molecule has 0 fully saturated rings. The lowest BCUT2D eigenvalue weighted by atomic mass is 9.90. The van der Waals surface area contributed by atoms with E-state index in [0.717, 1.165) is 10.8 Å². The van der Waals surface area contributed by atoms with Crippen LogP contribution in [0.4, 0.5) is 0 Å². The second-order valence-electron chi connectivity index (χ2n) is 4.39. The zero-order valence-corrected chi connectivity index (χ0v) is 11.2. The highest BCUT2D eigenvalue weighted by Crippen LogP contribution is 2.40. The zero-order valence-electron chi connectivity index (χ0n) is 9.61. The van der Waals surface area contributed by atoms with E-state index < -0.39 is 0 Å². The van der Waals surface area contributed by atoms with Crippen LogP contribution >= 0.6 is 23.4 Å². The van der Waals surface area contributed by atoms with Crippen LogP contribution in [0.15, 0.2) is 47.4 Å². The van der Waals surface area contributed by atoms with Gasteiger partial charge in [0.05, 0.1) is 0 Å². The molecule has 0 N–H and O–H groups in total. The van der Waals surface area contributed by atoms with E-state index in [-0.39, 0.29) is 0 Å². The van der Waals surface area contributed by atoms with Gasteiger partial charge in [0.1, 0.15) is 0 Å². The highest BCUT2D eigenvalue weighted by Gasteiger charge is 2.19. The Morgan fingerprint density at radius 1 is 1.12 bits per heavy atom. The van der Waals surface area contributed by atoms with Gasteiger partial charge in [0.2, 0.25) is 0 Å². The monoisotopic (exact) mass is 260 g/mol. The normalized spacial score (nSPS) is 18.1. The molecule has 0 amide bonds. The minimum atomic E-state index is 0.452. The van der Waals surface area contributed by atoms with Crippen LogP contribution in [0.3, 0.4) is 0 Å². The zero-order chi connectivity index (χ0) is 11.8. The topological polar surface area (TPSA) is 0 Å². The highest BCUT2D eigenvalue weighted by molar-refractivity contribution is 7.98. The summed E-state index contributed by atoms with van der Waals surface area (Å²) in [7, 11) is 0. The molecule has 2 aromatic rings. The molecular weight excluding hydrogens is 248 g/mol. The summed E-state index contributed by atoms with van der Waals surface area (Å²) in [6.45, 7) is 2.28. The standard InChI is InChI=1S/C15H13ClS/c1-10-13-7-6-12(16)8-11(13)9-17-15-5-3-2-4-14(10)15/h2-8,10H,9H2,1H3. The van der Waals surface area contributed by atoms with Gasteiger partial charge in [0.15, 0.2) is 0 Å². The lowest BCUT2D eigenvalue weighted by Gasteiger charge is -2.14. The van der Waals surface area contributed by atoms with E-state index in [4.69, 9.17) is 11.6 Å². The van der Waals surface area contributed by atoms with Gasteiger partial charge in [-0.05, 0) is 34.9 Å². The molecule has 0 saturated heterocycles. The van der Waals surface area contributed by atoms with Crippen molar-refractivity contribution in [3.63, 3.8) is 0 Å². The number of rotatable bonds is 0. The van der Waals surface area contributed by atoms with E-state index >= 15 is 0 Å². The van der Waals surface area contributed by atoms with Gasteiger partial charge in [-0.1, -0.05) is 42.8 Å². The molecule has 3 rings (SSSR count). The Labute approximate surface area is 111 Å².